The molecule has 2 rings (SSSR count). The molecule has 2 N–H and O–H groups in total. The quantitative estimate of drug-likeness (QED) is 0.373. The molecule has 162 valence electrons. The Bertz CT molecular complexity index is 1060. The van der Waals surface area contributed by atoms with Crippen molar-refractivity contribution in [2.45, 2.75) is 32.3 Å². The van der Waals surface area contributed by atoms with Crippen LogP contribution in [0.25, 0.3) is 0 Å². The van der Waals surface area contributed by atoms with Crippen LogP contribution in [0.1, 0.15) is 19.7 Å². The van der Waals surface area contributed by atoms with Crippen molar-refractivity contribution in [3.05, 3.63) is 30.1 Å². The fourth-order valence-electron chi connectivity index (χ4n) is 1.97. The lowest BCUT2D eigenvalue weighted by atomic mass is 10.3. The van der Waals surface area contributed by atoms with Gasteiger partial charge in [0.2, 0.25) is 11.9 Å². The fraction of sp³-hybridized carbons (Fsp3) is 0.312. The van der Waals surface area contributed by atoms with Gasteiger partial charge in [0.1, 0.15) is 16.5 Å². The second-order valence-electron chi connectivity index (χ2n) is 5.73. The van der Waals surface area contributed by atoms with E-state index >= 15 is 0 Å². The molecule has 0 unspecified atom stereocenters. The van der Waals surface area contributed by atoms with Gasteiger partial charge >= 0.3 is 12.6 Å². The van der Waals surface area contributed by atoms with Crippen molar-refractivity contribution in [1.29, 1.82) is 0 Å². The zero-order chi connectivity index (χ0) is 22.3. The molecule has 1 aromatic carbocycles. The van der Waals surface area contributed by atoms with E-state index < -0.39 is 33.2 Å². The molecule has 0 aliphatic rings. The Kier molecular flexibility index (Phi) is 7.52. The second-order valence-corrected chi connectivity index (χ2v) is 7.30. The van der Waals surface area contributed by atoms with Gasteiger partial charge in [-0.1, -0.05) is 12.1 Å². The predicted octanol–water partition coefficient (Wildman–Crippen LogP) is 1.93. The molecule has 0 atom stereocenters. The van der Waals surface area contributed by atoms with Gasteiger partial charge in [0.25, 0.3) is 10.0 Å². The number of rotatable bonds is 7. The highest BCUT2D eigenvalue weighted by Crippen LogP contribution is 2.26. The standard InChI is InChI=1S/C16H19F2N7O4S/c1-9(2)23-24-15(21-14-19-10(3)20-16(22-14)28-4)25-30(26,27)12-8-6-5-7-11(12)29-13(17)18/h5-8,13H,1-4H3,(H2,19,20,21,22,24,25). The zero-order valence-electron chi connectivity index (χ0n) is 16.4. The summed E-state index contributed by atoms with van der Waals surface area (Å²) in [6.07, 6.45) is 0. The van der Waals surface area contributed by atoms with Gasteiger partial charge in [0.15, 0.2) is 0 Å². The summed E-state index contributed by atoms with van der Waals surface area (Å²) in [5.74, 6) is -0.738. The number of nitrogens with one attached hydrogen (secondary N) is 2. The number of hydrogen-bond donors (Lipinski definition) is 2. The number of methoxy groups -OCH3 is 1. The molecule has 2 aromatic rings. The Hall–Kier alpha value is -3.42. The molecular weight excluding hydrogens is 424 g/mol. The number of ether oxygens (including phenoxy) is 2. The molecule has 1 heterocycles. The lowest BCUT2D eigenvalue weighted by Gasteiger charge is -2.11. The van der Waals surface area contributed by atoms with Crippen LogP contribution in [0.15, 0.2) is 38.7 Å². The summed E-state index contributed by atoms with van der Waals surface area (Å²) >= 11 is 0. The molecule has 14 heteroatoms. The number of aromatic nitrogens is 3. The van der Waals surface area contributed by atoms with Crippen LogP contribution in [0.3, 0.4) is 0 Å². The third kappa shape index (κ3) is 6.58. The van der Waals surface area contributed by atoms with Gasteiger partial charge in [-0.25, -0.2) is 5.43 Å². The Morgan fingerprint density at radius 1 is 1.17 bits per heavy atom. The molecule has 11 nitrogen and oxygen atoms in total. The molecule has 0 amide bonds. The molecule has 30 heavy (non-hydrogen) atoms. The second kappa shape index (κ2) is 9.87. The molecule has 0 aliphatic heterocycles. The molecule has 0 saturated heterocycles. The van der Waals surface area contributed by atoms with Crippen LogP contribution in [-0.4, -0.2) is 48.8 Å². The number of guanidine groups is 1. The van der Waals surface area contributed by atoms with E-state index in [0.717, 1.165) is 12.1 Å². The van der Waals surface area contributed by atoms with Gasteiger partial charge in [-0.05, 0) is 32.9 Å². The van der Waals surface area contributed by atoms with E-state index in [1.54, 1.807) is 20.8 Å². The Labute approximate surface area is 171 Å². The Morgan fingerprint density at radius 2 is 1.87 bits per heavy atom. The highest BCUT2D eigenvalue weighted by Gasteiger charge is 2.22. The van der Waals surface area contributed by atoms with Gasteiger partial charge in [0.05, 0.1) is 7.11 Å². The summed E-state index contributed by atoms with van der Waals surface area (Å²) in [6.45, 7) is 1.67. The average Bonchev–Trinajstić information content (AvgIpc) is 2.65. The van der Waals surface area contributed by atoms with E-state index in [1.807, 2.05) is 0 Å². The van der Waals surface area contributed by atoms with Gasteiger partial charge in [-0.2, -0.15) is 37.3 Å². The number of benzene rings is 1. The Morgan fingerprint density at radius 3 is 2.50 bits per heavy atom. The maximum Gasteiger partial charge on any atom is 0.387 e. The van der Waals surface area contributed by atoms with Crippen LogP contribution in [0.5, 0.6) is 11.8 Å². The number of sulfonamides is 1. The summed E-state index contributed by atoms with van der Waals surface area (Å²) in [4.78, 5) is 11.3. The van der Waals surface area contributed by atoms with Gasteiger partial charge in [-0.15, -0.1) is 4.40 Å². The van der Waals surface area contributed by atoms with E-state index in [4.69, 9.17) is 4.74 Å². The van der Waals surface area contributed by atoms with Gasteiger partial charge in [0, 0.05) is 5.71 Å². The van der Waals surface area contributed by atoms with Crippen LogP contribution < -0.4 is 20.2 Å². The van der Waals surface area contributed by atoms with Crippen molar-refractivity contribution in [3.8, 4) is 11.8 Å². The number of alkyl halides is 2. The minimum Gasteiger partial charge on any atom is -0.467 e. The van der Waals surface area contributed by atoms with Crippen LogP contribution in [0.4, 0.5) is 14.7 Å². The summed E-state index contributed by atoms with van der Waals surface area (Å²) in [5, 5.41) is 6.45. The van der Waals surface area contributed by atoms with Gasteiger partial charge in [-0.3, -0.25) is 5.32 Å². The van der Waals surface area contributed by atoms with Crippen LogP contribution >= 0.6 is 0 Å². The Balaban J connectivity index is 2.48. The molecular formula is C16H19F2N7O4S. The zero-order valence-corrected chi connectivity index (χ0v) is 17.2. The third-order valence-corrected chi connectivity index (χ3v) is 4.40. The van der Waals surface area contributed by atoms with Crippen molar-refractivity contribution >= 4 is 27.6 Å². The lowest BCUT2D eigenvalue weighted by Crippen LogP contribution is -2.29. The third-order valence-electron chi connectivity index (χ3n) is 3.08. The first-order valence-electron chi connectivity index (χ1n) is 8.30. The van der Waals surface area contributed by atoms with Crippen molar-refractivity contribution in [3.63, 3.8) is 0 Å². The van der Waals surface area contributed by atoms with Crippen LogP contribution in [0.2, 0.25) is 0 Å². The molecule has 0 radical (unpaired) electrons. The molecule has 0 spiro atoms. The fourth-order valence-corrected chi connectivity index (χ4v) is 3.02. The number of hydrazone groups is 1. The number of anilines is 1. The highest BCUT2D eigenvalue weighted by molar-refractivity contribution is 7.90. The monoisotopic (exact) mass is 443 g/mol. The molecule has 0 aliphatic carbocycles. The molecule has 0 saturated carbocycles. The highest BCUT2D eigenvalue weighted by atomic mass is 32.2. The smallest absolute Gasteiger partial charge is 0.387 e. The number of hydrogen-bond acceptors (Lipinski definition) is 8. The number of para-hydroxylation sites is 1. The van der Waals surface area contributed by atoms with Crippen LogP contribution in [-0.2, 0) is 10.0 Å². The number of nitrogens with zero attached hydrogens (tertiary/aromatic N) is 5. The average molecular weight is 443 g/mol. The number of halogens is 2. The van der Waals surface area contributed by atoms with E-state index in [0.29, 0.717) is 5.71 Å². The molecule has 0 bridgehead atoms. The van der Waals surface area contributed by atoms with E-state index in [2.05, 4.69) is 39.9 Å². The molecule has 1 aromatic heterocycles. The van der Waals surface area contributed by atoms with Crippen molar-refractivity contribution in [1.82, 2.24) is 20.4 Å². The topological polar surface area (TPSA) is 140 Å². The summed E-state index contributed by atoms with van der Waals surface area (Å²) in [7, 11) is -3.15. The van der Waals surface area contributed by atoms with E-state index in [-0.39, 0.29) is 17.8 Å². The van der Waals surface area contributed by atoms with E-state index in [9.17, 15) is 17.2 Å². The first-order chi connectivity index (χ1) is 14.1. The van der Waals surface area contributed by atoms with Crippen molar-refractivity contribution < 1.29 is 26.7 Å². The van der Waals surface area contributed by atoms with Crippen LogP contribution in [0, 0.1) is 6.92 Å². The predicted molar refractivity (Wildman–Crippen MR) is 104 cm³/mol. The first-order valence-corrected chi connectivity index (χ1v) is 9.74. The van der Waals surface area contributed by atoms with E-state index in [1.165, 1.54) is 19.2 Å². The van der Waals surface area contributed by atoms with Crippen molar-refractivity contribution in [2.75, 3.05) is 12.4 Å². The lowest BCUT2D eigenvalue weighted by molar-refractivity contribution is -0.0517. The molecule has 0 fully saturated rings. The van der Waals surface area contributed by atoms with Crippen molar-refractivity contribution in [2.24, 2.45) is 9.50 Å². The maximum absolute atomic E-state index is 12.8. The first kappa shape index (κ1) is 22.9. The minimum absolute atomic E-state index is 0.0157. The summed E-state index contributed by atoms with van der Waals surface area (Å²) < 4.78 is 63.6. The normalized spacial score (nSPS) is 11.8. The largest absolute Gasteiger partial charge is 0.467 e. The van der Waals surface area contributed by atoms with Gasteiger partial charge < -0.3 is 9.47 Å². The summed E-state index contributed by atoms with van der Waals surface area (Å²) in [6, 6.07) is 4.85. The minimum atomic E-state index is -4.50. The SMILES string of the molecule is COc1nc(C)nc(NC(=NS(=O)(=O)c2ccccc2OC(F)F)NN=C(C)C)n1. The number of aryl methyl sites for hydroxylation is 1. The summed E-state index contributed by atoms with van der Waals surface area (Å²) in [5.41, 5.74) is 2.98. The maximum atomic E-state index is 12.8.